The molecule has 1 aliphatic heterocycles. The van der Waals surface area contributed by atoms with Crippen LogP contribution in [0.25, 0.3) is 0 Å². The zero-order valence-electron chi connectivity index (χ0n) is 21.1. The van der Waals surface area contributed by atoms with Crippen molar-refractivity contribution in [2.75, 3.05) is 17.6 Å². The molecular formula is C26H33N2O8S2+. The van der Waals surface area contributed by atoms with Crippen molar-refractivity contribution in [3.05, 3.63) is 66.4 Å². The molecule has 0 aromatic heterocycles. The molecule has 1 atom stereocenters. The maximum atomic E-state index is 11.9. The molecule has 0 saturated heterocycles. The van der Waals surface area contributed by atoms with E-state index in [0.717, 1.165) is 11.4 Å². The number of carboxylic acid groups (broad SMARTS) is 1. The Bertz CT molecular complexity index is 1430. The number of para-hydroxylation sites is 1. The van der Waals surface area contributed by atoms with Crippen LogP contribution >= 0.6 is 0 Å². The first kappa shape index (κ1) is 29.5. The number of allylic oxidation sites excluding steroid dienone is 1. The third kappa shape index (κ3) is 7.73. The number of aliphatic carboxylic acids is 1. The molecule has 12 heteroatoms. The van der Waals surface area contributed by atoms with Gasteiger partial charge in [0.1, 0.15) is 6.54 Å². The summed E-state index contributed by atoms with van der Waals surface area (Å²) in [5.74, 6) is -1.31. The second kappa shape index (κ2) is 12.2. The predicted molar refractivity (Wildman–Crippen MR) is 144 cm³/mol. The smallest absolute Gasteiger partial charge is 0.303 e. The van der Waals surface area contributed by atoms with Crippen LogP contribution in [0.3, 0.4) is 0 Å². The Hall–Kier alpha value is -3.06. The number of anilines is 1. The number of carboxylic acids is 1. The van der Waals surface area contributed by atoms with E-state index in [1.807, 2.05) is 47.9 Å². The van der Waals surface area contributed by atoms with E-state index >= 15 is 0 Å². The lowest BCUT2D eigenvalue weighted by Gasteiger charge is -2.22. The van der Waals surface area contributed by atoms with Gasteiger partial charge >= 0.3 is 5.97 Å². The predicted octanol–water partition coefficient (Wildman–Crippen LogP) is 4.23. The molecule has 1 unspecified atom stereocenters. The Morgan fingerprint density at radius 2 is 1.71 bits per heavy atom. The molecule has 206 valence electrons. The molecule has 10 nitrogen and oxygen atoms in total. The van der Waals surface area contributed by atoms with Gasteiger partial charge in [0.25, 0.3) is 20.2 Å². The summed E-state index contributed by atoms with van der Waals surface area (Å²) >= 11 is 0. The molecule has 0 radical (unpaired) electrons. The van der Waals surface area contributed by atoms with Gasteiger partial charge in [0, 0.05) is 42.4 Å². The Balaban J connectivity index is 2.04. The second-order valence-electron chi connectivity index (χ2n) is 9.46. The standard InChI is InChI=1S/C26H32N2O8S2/c1-26(15-8-18-37(31,32)33)22-19-21(38(34,35)36)12-13-23(22)28(17-7-3-6-11-25(29)30)24(26)14-16-27-20-9-4-2-5-10-20/h2,4-5,9-10,12-14,16,19H,3,6-8,11,15,17-18H2,1H3,(H3,29,30,31,32,33,34,35,36)/p+1. The van der Waals surface area contributed by atoms with Gasteiger partial charge in [0.2, 0.25) is 5.69 Å². The molecule has 2 aromatic carbocycles. The van der Waals surface area contributed by atoms with Crippen LogP contribution < -0.4 is 5.32 Å². The van der Waals surface area contributed by atoms with Gasteiger partial charge in [-0.1, -0.05) is 18.2 Å². The summed E-state index contributed by atoms with van der Waals surface area (Å²) in [5, 5.41) is 12.1. The summed E-state index contributed by atoms with van der Waals surface area (Å²) in [6, 6.07) is 13.8. The van der Waals surface area contributed by atoms with Crippen molar-refractivity contribution in [1.29, 1.82) is 0 Å². The molecule has 0 amide bonds. The highest BCUT2D eigenvalue weighted by molar-refractivity contribution is 7.86. The summed E-state index contributed by atoms with van der Waals surface area (Å²) in [7, 11) is -8.69. The van der Waals surface area contributed by atoms with Crippen LogP contribution in [0.1, 0.15) is 51.0 Å². The lowest BCUT2D eigenvalue weighted by atomic mass is 9.76. The van der Waals surface area contributed by atoms with Crippen molar-refractivity contribution < 1.29 is 40.4 Å². The van der Waals surface area contributed by atoms with E-state index in [9.17, 15) is 30.7 Å². The van der Waals surface area contributed by atoms with Crippen molar-refractivity contribution in [2.45, 2.75) is 55.8 Å². The second-order valence-corrected chi connectivity index (χ2v) is 12.5. The van der Waals surface area contributed by atoms with Gasteiger partial charge in [-0.25, -0.2) is 0 Å². The quantitative estimate of drug-likeness (QED) is 0.149. The number of hydrogen-bond donors (Lipinski definition) is 4. The molecule has 0 fully saturated rings. The molecule has 4 N–H and O–H groups in total. The Labute approximate surface area is 223 Å². The fraction of sp³-hybridized carbons (Fsp3) is 0.385. The van der Waals surface area contributed by atoms with Crippen LogP contribution in [-0.4, -0.2) is 59.6 Å². The Kier molecular flexibility index (Phi) is 9.47. The lowest BCUT2D eigenvalue weighted by Crippen LogP contribution is -2.32. The van der Waals surface area contributed by atoms with Gasteiger partial charge < -0.3 is 10.4 Å². The van der Waals surface area contributed by atoms with E-state index in [1.54, 1.807) is 12.3 Å². The van der Waals surface area contributed by atoms with E-state index in [2.05, 4.69) is 5.32 Å². The van der Waals surface area contributed by atoms with E-state index in [1.165, 1.54) is 12.1 Å². The molecule has 0 aliphatic carbocycles. The summed E-state index contributed by atoms with van der Waals surface area (Å²) < 4.78 is 67.7. The largest absolute Gasteiger partial charge is 0.481 e. The van der Waals surface area contributed by atoms with Crippen molar-refractivity contribution >= 4 is 43.3 Å². The van der Waals surface area contributed by atoms with Crippen molar-refractivity contribution in [3.63, 3.8) is 0 Å². The highest BCUT2D eigenvalue weighted by Gasteiger charge is 2.47. The maximum Gasteiger partial charge on any atom is 0.303 e. The SMILES string of the molecule is CC1(CCCS(=O)(=O)O)C(/C=C/Nc2ccccc2)=[N+](CCCCCC(=O)O)c2ccc(S(=O)(=O)O)cc21. The van der Waals surface area contributed by atoms with Gasteiger partial charge in [0.15, 0.2) is 5.71 Å². The summed E-state index contributed by atoms with van der Waals surface area (Å²) in [5.41, 5.74) is 2.09. The van der Waals surface area contributed by atoms with Gasteiger partial charge in [0.05, 0.1) is 16.1 Å². The number of unbranched alkanes of at least 4 members (excludes halogenated alkanes) is 2. The van der Waals surface area contributed by atoms with Crippen LogP contribution in [0.2, 0.25) is 0 Å². The first-order valence-electron chi connectivity index (χ1n) is 12.2. The van der Waals surface area contributed by atoms with Crippen LogP contribution in [0.5, 0.6) is 0 Å². The third-order valence-electron chi connectivity index (χ3n) is 6.62. The number of nitrogens with zero attached hydrogens (tertiary/aromatic N) is 1. The summed E-state index contributed by atoms with van der Waals surface area (Å²) in [6.07, 6.45) is 5.90. The normalized spacial score (nSPS) is 17.7. The van der Waals surface area contributed by atoms with Gasteiger partial charge in [-0.05, 0) is 56.9 Å². The fourth-order valence-electron chi connectivity index (χ4n) is 4.78. The molecule has 0 saturated carbocycles. The van der Waals surface area contributed by atoms with Gasteiger partial charge in [-0.15, -0.1) is 0 Å². The number of carbonyl (C=O) groups is 1. The minimum absolute atomic E-state index is 0.0686. The minimum Gasteiger partial charge on any atom is -0.481 e. The Morgan fingerprint density at radius 1 is 1.00 bits per heavy atom. The molecule has 2 aromatic rings. The molecule has 0 spiro atoms. The minimum atomic E-state index is -4.49. The molecule has 3 rings (SSSR count). The average molecular weight is 566 g/mol. The van der Waals surface area contributed by atoms with Crippen molar-refractivity contribution in [2.24, 2.45) is 0 Å². The number of rotatable bonds is 14. The monoisotopic (exact) mass is 565 g/mol. The van der Waals surface area contributed by atoms with Gasteiger partial charge in [-0.3, -0.25) is 13.9 Å². The van der Waals surface area contributed by atoms with Crippen LogP contribution in [0.4, 0.5) is 11.4 Å². The topological polar surface area (TPSA) is 161 Å². The molecule has 0 bridgehead atoms. The molecular weight excluding hydrogens is 532 g/mol. The zero-order valence-corrected chi connectivity index (χ0v) is 22.7. The van der Waals surface area contributed by atoms with Crippen molar-refractivity contribution in [1.82, 2.24) is 0 Å². The first-order chi connectivity index (χ1) is 17.8. The average Bonchev–Trinajstić information content (AvgIpc) is 3.05. The van der Waals surface area contributed by atoms with Crippen LogP contribution in [0.15, 0.2) is 65.7 Å². The van der Waals surface area contributed by atoms with Crippen molar-refractivity contribution in [3.8, 4) is 0 Å². The van der Waals surface area contributed by atoms with E-state index in [0.29, 0.717) is 37.1 Å². The van der Waals surface area contributed by atoms with E-state index < -0.39 is 37.4 Å². The number of hydrogen-bond acceptors (Lipinski definition) is 6. The molecule has 1 heterocycles. The first-order valence-corrected chi connectivity index (χ1v) is 15.3. The fourth-order valence-corrected chi connectivity index (χ4v) is 5.79. The van der Waals surface area contributed by atoms with Crippen LogP contribution in [0, 0.1) is 0 Å². The molecule has 1 aliphatic rings. The zero-order chi connectivity index (χ0) is 28.0. The molecule has 38 heavy (non-hydrogen) atoms. The van der Waals surface area contributed by atoms with E-state index in [4.69, 9.17) is 5.11 Å². The Morgan fingerprint density at radius 3 is 2.34 bits per heavy atom. The summed E-state index contributed by atoms with van der Waals surface area (Å²) in [4.78, 5) is 10.6. The lowest BCUT2D eigenvalue weighted by molar-refractivity contribution is -0.438. The number of benzene rings is 2. The van der Waals surface area contributed by atoms with Crippen LogP contribution in [-0.2, 0) is 30.4 Å². The number of nitrogens with one attached hydrogen (secondary N) is 1. The van der Waals surface area contributed by atoms with Gasteiger partial charge in [-0.2, -0.15) is 21.4 Å². The van der Waals surface area contributed by atoms with E-state index in [-0.39, 0.29) is 24.2 Å². The number of fused-ring (bicyclic) bond motifs is 1. The highest BCUT2D eigenvalue weighted by atomic mass is 32.2. The third-order valence-corrected chi connectivity index (χ3v) is 8.28. The maximum absolute atomic E-state index is 11.9. The highest BCUT2D eigenvalue weighted by Crippen LogP contribution is 2.44. The summed E-state index contributed by atoms with van der Waals surface area (Å²) in [6.45, 7) is 2.38.